The molecule has 1 aromatic rings. The van der Waals surface area contributed by atoms with E-state index in [0.717, 1.165) is 11.1 Å². The first-order valence-corrected chi connectivity index (χ1v) is 13.5. The second-order valence-electron chi connectivity index (χ2n) is 8.72. The van der Waals surface area contributed by atoms with Gasteiger partial charge < -0.3 is 4.90 Å². The van der Waals surface area contributed by atoms with Crippen LogP contribution in [0.2, 0.25) is 0 Å². The van der Waals surface area contributed by atoms with E-state index in [4.69, 9.17) is 0 Å². The predicted octanol–water partition coefficient (Wildman–Crippen LogP) is 2.26. The van der Waals surface area contributed by atoms with Crippen LogP contribution in [0.25, 0.3) is 0 Å². The number of nitrogens with zero attached hydrogens (tertiary/aromatic N) is 1. The molecule has 30 heavy (non-hydrogen) atoms. The maximum Gasteiger partial charge on any atom is 0.241 e. The number of hydrogen-bond acceptors (Lipinski definition) is 5. The molecule has 1 heterocycles. The van der Waals surface area contributed by atoms with E-state index < -0.39 is 25.1 Å². The molecule has 0 saturated carbocycles. The number of sulfonamides is 1. The first-order valence-electron chi connectivity index (χ1n) is 10.3. The van der Waals surface area contributed by atoms with Crippen LogP contribution in [0.4, 0.5) is 0 Å². The van der Waals surface area contributed by atoms with Crippen LogP contribution in [-0.2, 0) is 24.7 Å². The standard InChI is InChI=1S/C21H34N2O5S2/c1-14(2)13-29(25,26)19-7-9-23(10-8-19)20(24)12-22-30(27,28)21-17(5)15(3)11-16(4)18(21)6/h11,14,19,22H,7-10,12-13H2,1-6H3. The fourth-order valence-electron chi connectivity index (χ4n) is 3.99. The number of carbonyl (C=O) groups excluding carboxylic acids is 1. The molecular weight excluding hydrogens is 424 g/mol. The third-order valence-corrected chi connectivity index (χ3v) is 10.1. The van der Waals surface area contributed by atoms with Crippen LogP contribution in [0, 0.1) is 33.6 Å². The minimum absolute atomic E-state index is 0.0706. The predicted molar refractivity (Wildman–Crippen MR) is 119 cm³/mol. The quantitative estimate of drug-likeness (QED) is 0.675. The van der Waals surface area contributed by atoms with Crippen molar-refractivity contribution in [3.63, 3.8) is 0 Å². The van der Waals surface area contributed by atoms with E-state index in [1.807, 2.05) is 33.8 Å². The Labute approximate surface area is 181 Å². The van der Waals surface area contributed by atoms with Crippen LogP contribution in [0.5, 0.6) is 0 Å². The topological polar surface area (TPSA) is 101 Å². The van der Waals surface area contributed by atoms with Crippen LogP contribution >= 0.6 is 0 Å². The molecule has 0 radical (unpaired) electrons. The van der Waals surface area contributed by atoms with Crippen molar-refractivity contribution >= 4 is 25.8 Å². The Balaban J connectivity index is 2.02. The van der Waals surface area contributed by atoms with E-state index in [0.29, 0.717) is 37.1 Å². The van der Waals surface area contributed by atoms with Gasteiger partial charge in [-0.25, -0.2) is 21.6 Å². The highest BCUT2D eigenvalue weighted by Crippen LogP contribution is 2.26. The van der Waals surface area contributed by atoms with Gasteiger partial charge in [-0.3, -0.25) is 4.79 Å². The molecule has 170 valence electrons. The van der Waals surface area contributed by atoms with Gasteiger partial charge in [0.25, 0.3) is 0 Å². The molecule has 1 aliphatic rings. The lowest BCUT2D eigenvalue weighted by Crippen LogP contribution is -2.47. The Morgan fingerprint density at radius 1 is 1.03 bits per heavy atom. The van der Waals surface area contributed by atoms with Crippen LogP contribution in [0.15, 0.2) is 11.0 Å². The molecule has 0 unspecified atom stereocenters. The van der Waals surface area contributed by atoms with Gasteiger partial charge in [-0.05, 0) is 68.7 Å². The highest BCUT2D eigenvalue weighted by molar-refractivity contribution is 7.92. The first-order chi connectivity index (χ1) is 13.8. The molecule has 2 rings (SSSR count). The van der Waals surface area contributed by atoms with Crippen LogP contribution in [0.1, 0.15) is 48.9 Å². The number of rotatable bonds is 7. The van der Waals surface area contributed by atoms with Gasteiger partial charge in [0.1, 0.15) is 0 Å². The number of sulfone groups is 1. The zero-order valence-electron chi connectivity index (χ0n) is 18.8. The molecule has 7 nitrogen and oxygen atoms in total. The third kappa shape index (κ3) is 5.62. The van der Waals surface area contributed by atoms with E-state index >= 15 is 0 Å². The third-order valence-electron chi connectivity index (χ3n) is 5.85. The summed E-state index contributed by atoms with van der Waals surface area (Å²) >= 11 is 0. The summed E-state index contributed by atoms with van der Waals surface area (Å²) in [5.74, 6) is -0.112. The minimum atomic E-state index is -3.84. The summed E-state index contributed by atoms with van der Waals surface area (Å²) in [4.78, 5) is 14.3. The van der Waals surface area contributed by atoms with Crippen molar-refractivity contribution < 1.29 is 21.6 Å². The number of piperidine rings is 1. The van der Waals surface area contributed by atoms with Gasteiger partial charge in [0.2, 0.25) is 15.9 Å². The molecular formula is C21H34N2O5S2. The van der Waals surface area contributed by atoms with E-state index in [1.165, 1.54) is 0 Å². The molecule has 0 aliphatic carbocycles. The molecule has 0 spiro atoms. The monoisotopic (exact) mass is 458 g/mol. The lowest BCUT2D eigenvalue weighted by molar-refractivity contribution is -0.130. The van der Waals surface area contributed by atoms with Crippen LogP contribution in [0.3, 0.4) is 0 Å². The van der Waals surface area contributed by atoms with Gasteiger partial charge in [-0.2, -0.15) is 0 Å². The van der Waals surface area contributed by atoms with Crippen molar-refractivity contribution in [2.75, 3.05) is 25.4 Å². The number of aryl methyl sites for hydroxylation is 2. The number of benzene rings is 1. The average molecular weight is 459 g/mol. The molecule has 1 N–H and O–H groups in total. The Hall–Kier alpha value is -1.45. The molecule has 1 amide bonds. The fourth-order valence-corrected chi connectivity index (χ4v) is 7.71. The Bertz CT molecular complexity index is 980. The van der Waals surface area contributed by atoms with Crippen molar-refractivity contribution in [2.45, 2.75) is 64.5 Å². The van der Waals surface area contributed by atoms with E-state index in [-0.39, 0.29) is 29.0 Å². The van der Waals surface area contributed by atoms with Crippen molar-refractivity contribution in [3.8, 4) is 0 Å². The largest absolute Gasteiger partial charge is 0.341 e. The van der Waals surface area contributed by atoms with Gasteiger partial charge in [0.15, 0.2) is 9.84 Å². The summed E-state index contributed by atoms with van der Waals surface area (Å²) in [6.07, 6.45) is 0.783. The lowest BCUT2D eigenvalue weighted by Gasteiger charge is -2.32. The van der Waals surface area contributed by atoms with Crippen molar-refractivity contribution in [2.24, 2.45) is 5.92 Å². The van der Waals surface area contributed by atoms with Crippen molar-refractivity contribution in [1.82, 2.24) is 9.62 Å². The van der Waals surface area contributed by atoms with Crippen molar-refractivity contribution in [1.29, 1.82) is 0 Å². The number of amides is 1. The zero-order valence-corrected chi connectivity index (χ0v) is 20.4. The second kappa shape index (κ2) is 9.36. The maximum atomic E-state index is 12.9. The number of nitrogens with one attached hydrogen (secondary N) is 1. The summed E-state index contributed by atoms with van der Waals surface area (Å²) < 4.78 is 53.0. The fraction of sp³-hybridized carbons (Fsp3) is 0.667. The lowest BCUT2D eigenvalue weighted by atomic mass is 10.0. The molecule has 9 heteroatoms. The Morgan fingerprint density at radius 2 is 1.53 bits per heavy atom. The van der Waals surface area contributed by atoms with Gasteiger partial charge >= 0.3 is 0 Å². The van der Waals surface area contributed by atoms with Crippen LogP contribution in [-0.4, -0.2) is 58.3 Å². The second-order valence-corrected chi connectivity index (χ2v) is 12.7. The summed E-state index contributed by atoms with van der Waals surface area (Å²) in [5, 5.41) is -0.429. The SMILES string of the molecule is Cc1cc(C)c(C)c(S(=O)(=O)NCC(=O)N2CCC(S(=O)(=O)CC(C)C)CC2)c1C. The zero-order chi connectivity index (χ0) is 22.9. The molecule has 1 aliphatic heterocycles. The molecule has 0 aromatic heterocycles. The summed E-state index contributed by atoms with van der Waals surface area (Å²) in [7, 11) is -7.01. The molecule has 1 aromatic carbocycles. The summed E-state index contributed by atoms with van der Waals surface area (Å²) in [5.41, 5.74) is 3.12. The normalized spacial score (nSPS) is 16.3. The Kier molecular flexibility index (Phi) is 7.74. The summed E-state index contributed by atoms with van der Waals surface area (Å²) in [6.45, 7) is 11.3. The van der Waals surface area contributed by atoms with Crippen molar-refractivity contribution in [3.05, 3.63) is 28.3 Å². The maximum absolute atomic E-state index is 12.9. The molecule has 0 bridgehead atoms. The number of likely N-dealkylation sites (tertiary alicyclic amines) is 1. The number of hydrogen-bond donors (Lipinski definition) is 1. The molecule has 1 saturated heterocycles. The van der Waals surface area contributed by atoms with E-state index in [1.54, 1.807) is 18.7 Å². The minimum Gasteiger partial charge on any atom is -0.341 e. The highest BCUT2D eigenvalue weighted by atomic mass is 32.2. The average Bonchev–Trinajstić information content (AvgIpc) is 2.63. The van der Waals surface area contributed by atoms with Gasteiger partial charge in [-0.15, -0.1) is 0 Å². The van der Waals surface area contributed by atoms with E-state index in [9.17, 15) is 21.6 Å². The van der Waals surface area contributed by atoms with E-state index in [2.05, 4.69) is 4.72 Å². The smallest absolute Gasteiger partial charge is 0.241 e. The first kappa shape index (κ1) is 24.8. The number of carbonyl (C=O) groups is 1. The Morgan fingerprint density at radius 3 is 2.00 bits per heavy atom. The van der Waals surface area contributed by atoms with Gasteiger partial charge in [0.05, 0.1) is 22.4 Å². The summed E-state index contributed by atoms with van der Waals surface area (Å²) in [6, 6.07) is 1.95. The molecule has 0 atom stereocenters. The van der Waals surface area contributed by atoms with Gasteiger partial charge in [0, 0.05) is 13.1 Å². The highest BCUT2D eigenvalue weighted by Gasteiger charge is 2.32. The van der Waals surface area contributed by atoms with Gasteiger partial charge in [-0.1, -0.05) is 19.9 Å². The molecule has 1 fully saturated rings. The van der Waals surface area contributed by atoms with Crippen LogP contribution < -0.4 is 4.72 Å².